The van der Waals surface area contributed by atoms with E-state index in [0.29, 0.717) is 6.42 Å². The van der Waals surface area contributed by atoms with Gasteiger partial charge in [-0.1, -0.05) is 96.1 Å². The van der Waals surface area contributed by atoms with Crippen molar-refractivity contribution >= 4 is 13.8 Å². The van der Waals surface area contributed by atoms with Gasteiger partial charge in [-0.15, -0.1) is 0 Å². The van der Waals surface area contributed by atoms with Gasteiger partial charge in [0.15, 0.2) is 0 Å². The second-order valence-corrected chi connectivity index (χ2v) is 11.6. The average Bonchev–Trinajstić information content (AvgIpc) is 2.73. The molecule has 210 valence electrons. The Morgan fingerprint density at radius 1 is 0.743 bits per heavy atom. The van der Waals surface area contributed by atoms with E-state index in [1.54, 1.807) is 0 Å². The van der Waals surface area contributed by atoms with Crippen molar-refractivity contribution < 1.29 is 33.3 Å². The molecule has 0 atom stereocenters. The monoisotopic (exact) mass is 522 g/mol. The molecule has 0 saturated heterocycles. The van der Waals surface area contributed by atoms with Gasteiger partial charge in [0.25, 0.3) is 0 Å². The van der Waals surface area contributed by atoms with Crippen LogP contribution in [0.4, 0.5) is 0 Å². The molecule has 0 saturated carbocycles. The van der Waals surface area contributed by atoms with Crippen LogP contribution < -0.4 is 0 Å². The number of phosphoric acid groups is 1. The molecule has 0 heterocycles. The summed E-state index contributed by atoms with van der Waals surface area (Å²) in [5.41, 5.74) is 0. The van der Waals surface area contributed by atoms with Crippen molar-refractivity contribution in [3.63, 3.8) is 0 Å². The predicted octanol–water partition coefficient (Wildman–Crippen LogP) is 6.91. The quantitative estimate of drug-likeness (QED) is 0.0618. The summed E-state index contributed by atoms with van der Waals surface area (Å²) in [7, 11) is 1.48. The minimum Gasteiger partial charge on any atom is -0.391 e. The molecule has 0 aromatic carbocycles. The molecular formula is C27H57NO6P+. The molecule has 7 nitrogen and oxygen atoms in total. The molecule has 0 amide bonds. The number of quaternary nitrogens is 1. The van der Waals surface area contributed by atoms with Gasteiger partial charge in [0.05, 0.1) is 27.7 Å². The Morgan fingerprint density at radius 2 is 1.14 bits per heavy atom. The van der Waals surface area contributed by atoms with Gasteiger partial charge in [-0.2, -0.15) is 0 Å². The fourth-order valence-electron chi connectivity index (χ4n) is 3.53. The molecule has 0 spiro atoms. The Kier molecular flexibility index (Phi) is 26.0. The van der Waals surface area contributed by atoms with Gasteiger partial charge in [0.1, 0.15) is 6.54 Å². The van der Waals surface area contributed by atoms with E-state index >= 15 is 0 Å². The van der Waals surface area contributed by atoms with E-state index in [4.69, 9.17) is 14.9 Å². The first kappa shape index (κ1) is 36.4. The molecule has 0 bridgehead atoms. The molecule has 0 aromatic heterocycles. The fourth-order valence-corrected chi connectivity index (χ4v) is 3.88. The highest BCUT2D eigenvalue weighted by Gasteiger charge is 2.19. The van der Waals surface area contributed by atoms with Gasteiger partial charge in [-0.3, -0.25) is 14.6 Å². The summed E-state index contributed by atoms with van der Waals surface area (Å²) < 4.78 is 15.3. The zero-order valence-corrected chi connectivity index (χ0v) is 24.2. The van der Waals surface area contributed by atoms with E-state index < -0.39 is 13.8 Å². The highest BCUT2D eigenvalue weighted by Crippen LogP contribution is 2.36. The summed E-state index contributed by atoms with van der Waals surface area (Å²) in [5, 5.41) is 8.39. The fraction of sp³-hybridized carbons (Fsp3) is 0.889. The molecule has 0 fully saturated rings. The number of aliphatic hydroxyl groups excluding tert-OH is 1. The second kappa shape index (κ2) is 25.0. The largest absolute Gasteiger partial charge is 0.526 e. The van der Waals surface area contributed by atoms with E-state index in [9.17, 15) is 9.36 Å². The molecule has 0 aliphatic heterocycles. The summed E-state index contributed by atoms with van der Waals surface area (Å²) in [6.07, 6.45) is 25.6. The molecule has 3 N–H and O–H groups in total. The van der Waals surface area contributed by atoms with Crippen LogP contribution in [0.25, 0.3) is 0 Å². The van der Waals surface area contributed by atoms with E-state index in [-0.39, 0.29) is 13.0 Å². The van der Waals surface area contributed by atoms with Gasteiger partial charge in [0.2, 0.25) is 0 Å². The summed E-state index contributed by atoms with van der Waals surface area (Å²) in [5.74, 6) is -0.811. The van der Waals surface area contributed by atoms with Crippen LogP contribution >= 0.6 is 7.82 Å². The van der Waals surface area contributed by atoms with E-state index in [1.165, 1.54) is 83.5 Å². The molecule has 8 heteroatoms. The Balaban J connectivity index is 0. The SMILES string of the molecule is CCCCCCCC/C=C\CCCCCCCCCCCC(=O)OP(=O)(O)O.C[N+](C)(C)CCO. The van der Waals surface area contributed by atoms with E-state index in [2.05, 4.69) is 44.7 Å². The minimum absolute atomic E-state index is 0.0808. The molecule has 0 radical (unpaired) electrons. The number of hydrogen-bond donors (Lipinski definition) is 3. The number of likely N-dealkylation sites (N-methyl/N-ethyl adjacent to an activating group) is 1. The van der Waals surface area contributed by atoms with Gasteiger partial charge < -0.3 is 14.1 Å². The minimum atomic E-state index is -4.67. The lowest BCUT2D eigenvalue weighted by molar-refractivity contribution is -0.870. The number of nitrogens with zero attached hydrogens (tertiary/aromatic N) is 1. The summed E-state index contributed by atoms with van der Waals surface area (Å²) >= 11 is 0. The van der Waals surface area contributed by atoms with Crippen molar-refractivity contribution in [2.24, 2.45) is 0 Å². The number of rotatable bonds is 22. The highest BCUT2D eigenvalue weighted by atomic mass is 31.2. The Bertz CT molecular complexity index is 542. The molecular weight excluding hydrogens is 465 g/mol. The number of hydrogen-bond acceptors (Lipinski definition) is 4. The van der Waals surface area contributed by atoms with Crippen LogP contribution in [-0.4, -0.2) is 59.6 Å². The number of aliphatic hydroxyl groups is 1. The molecule has 0 aromatic rings. The van der Waals surface area contributed by atoms with E-state index in [1.807, 2.05) is 0 Å². The third-order valence-corrected chi connectivity index (χ3v) is 6.08. The van der Waals surface area contributed by atoms with Gasteiger partial charge in [-0.25, -0.2) is 4.57 Å². The third-order valence-electron chi connectivity index (χ3n) is 5.63. The Hall–Kier alpha value is -0.720. The van der Waals surface area contributed by atoms with Gasteiger partial charge in [-0.05, 0) is 32.1 Å². The van der Waals surface area contributed by atoms with E-state index in [0.717, 1.165) is 30.3 Å². The number of allylic oxidation sites excluding steroid dienone is 2. The van der Waals surface area contributed by atoms with Gasteiger partial charge >= 0.3 is 13.8 Å². The highest BCUT2D eigenvalue weighted by molar-refractivity contribution is 7.46. The van der Waals surface area contributed by atoms with Crippen molar-refractivity contribution in [2.75, 3.05) is 34.3 Å². The first-order chi connectivity index (χ1) is 16.5. The van der Waals surface area contributed by atoms with Crippen LogP contribution in [0, 0.1) is 0 Å². The molecule has 0 aliphatic rings. The normalized spacial score (nSPS) is 12.0. The number of phosphoric ester groups is 1. The van der Waals surface area contributed by atoms with Crippen LogP contribution in [0.2, 0.25) is 0 Å². The number of carbonyl (C=O) groups is 1. The van der Waals surface area contributed by atoms with Crippen molar-refractivity contribution in [2.45, 2.75) is 122 Å². The third kappa shape index (κ3) is 38.0. The van der Waals surface area contributed by atoms with Crippen LogP contribution in [0.3, 0.4) is 0 Å². The standard InChI is InChI=1S/C22H43O5P.C5H14NO/c1-2-3-4-5-6-7-8-9-10-11-12-13-14-15-16-17-18-19-20-21-22(23)27-28(24,25)26;1-6(2,3)4-5-7/h9-10H,2-8,11-21H2,1H3,(H2,24,25,26);7H,4-5H2,1-3H3/q;+1/b10-9-;. The van der Waals surface area contributed by atoms with Crippen molar-refractivity contribution in [3.05, 3.63) is 12.2 Å². The first-order valence-corrected chi connectivity index (χ1v) is 15.4. The van der Waals surface area contributed by atoms with Crippen molar-refractivity contribution in [3.8, 4) is 0 Å². The predicted molar refractivity (Wildman–Crippen MR) is 146 cm³/mol. The van der Waals surface area contributed by atoms with Crippen molar-refractivity contribution in [1.29, 1.82) is 0 Å². The maximum absolute atomic E-state index is 11.1. The first-order valence-electron chi connectivity index (χ1n) is 13.9. The summed E-state index contributed by atoms with van der Waals surface area (Å²) in [4.78, 5) is 28.1. The lowest BCUT2D eigenvalue weighted by Gasteiger charge is -2.21. The number of carbonyl (C=O) groups excluding carboxylic acids is 1. The lowest BCUT2D eigenvalue weighted by atomic mass is 10.1. The van der Waals surface area contributed by atoms with Crippen LogP contribution in [0.15, 0.2) is 12.2 Å². The Morgan fingerprint density at radius 3 is 1.49 bits per heavy atom. The molecule has 0 aliphatic carbocycles. The van der Waals surface area contributed by atoms with Crippen LogP contribution in [0.5, 0.6) is 0 Å². The van der Waals surface area contributed by atoms with Crippen LogP contribution in [0.1, 0.15) is 122 Å². The maximum atomic E-state index is 11.1. The van der Waals surface area contributed by atoms with Crippen molar-refractivity contribution in [1.82, 2.24) is 0 Å². The molecule has 0 rings (SSSR count). The molecule has 0 unspecified atom stereocenters. The zero-order valence-electron chi connectivity index (χ0n) is 23.3. The summed E-state index contributed by atoms with van der Waals surface area (Å²) in [6.45, 7) is 3.37. The van der Waals surface area contributed by atoms with Gasteiger partial charge in [0, 0.05) is 6.42 Å². The average molecular weight is 523 g/mol. The summed E-state index contributed by atoms with van der Waals surface area (Å²) in [6, 6.07) is 0. The Labute approximate surface area is 216 Å². The maximum Gasteiger partial charge on any atom is 0.526 e. The zero-order chi connectivity index (χ0) is 26.8. The topological polar surface area (TPSA) is 104 Å². The van der Waals surface area contributed by atoms with Crippen LogP contribution in [-0.2, 0) is 13.9 Å². The molecule has 35 heavy (non-hydrogen) atoms. The lowest BCUT2D eigenvalue weighted by Crippen LogP contribution is -2.36. The second-order valence-electron chi connectivity index (χ2n) is 10.4. The number of unbranched alkanes of at least 4 members (excludes halogenated alkanes) is 15. The smallest absolute Gasteiger partial charge is 0.391 e.